The lowest BCUT2D eigenvalue weighted by Crippen LogP contribution is -1.97. The number of benzene rings is 1. The Morgan fingerprint density at radius 2 is 1.86 bits per heavy atom. The van der Waals surface area contributed by atoms with Crippen molar-refractivity contribution < 1.29 is 14.3 Å². The molecule has 0 amide bonds. The molecule has 0 N–H and O–H groups in total. The lowest BCUT2D eigenvalue weighted by atomic mass is 10.2. The molecule has 0 saturated heterocycles. The number of carbonyl (C=O) groups is 2. The molecule has 0 atom stereocenters. The maximum absolute atomic E-state index is 10.4. The quantitative estimate of drug-likeness (QED) is 0.534. The molecule has 0 radical (unpaired) electrons. The van der Waals surface area contributed by atoms with Crippen LogP contribution in [-0.4, -0.2) is 12.3 Å². The summed E-state index contributed by atoms with van der Waals surface area (Å²) in [5, 5.41) is 0. The topological polar surface area (TPSA) is 43.4 Å². The smallest absolute Gasteiger partial charge is 0.302 e. The van der Waals surface area contributed by atoms with E-state index in [1.54, 1.807) is 0 Å². The second-order valence-corrected chi connectivity index (χ2v) is 2.50. The first kappa shape index (κ1) is 12.4. The largest absolute Gasteiger partial charge is 0.461 e. The van der Waals surface area contributed by atoms with Gasteiger partial charge in [-0.2, -0.15) is 0 Å². The minimum Gasteiger partial charge on any atom is -0.461 e. The molecular weight excluding hydrogens is 180 g/mol. The van der Waals surface area contributed by atoms with E-state index in [-0.39, 0.29) is 5.97 Å². The van der Waals surface area contributed by atoms with Crippen LogP contribution >= 0.6 is 0 Å². The van der Waals surface area contributed by atoms with Gasteiger partial charge in [0.1, 0.15) is 12.9 Å². The van der Waals surface area contributed by atoms with Gasteiger partial charge in [-0.1, -0.05) is 30.3 Å². The van der Waals surface area contributed by atoms with Gasteiger partial charge in [0.05, 0.1) is 0 Å². The molecule has 0 aliphatic carbocycles. The van der Waals surface area contributed by atoms with Crippen LogP contribution in [0.4, 0.5) is 0 Å². The van der Waals surface area contributed by atoms with Crippen molar-refractivity contribution in [2.24, 2.45) is 0 Å². The van der Waals surface area contributed by atoms with E-state index < -0.39 is 0 Å². The Hall–Kier alpha value is -1.64. The average Bonchev–Trinajstić information content (AvgIpc) is 2.18. The van der Waals surface area contributed by atoms with Crippen LogP contribution in [0.2, 0.25) is 0 Å². The van der Waals surface area contributed by atoms with Gasteiger partial charge in [0, 0.05) is 6.92 Å². The van der Waals surface area contributed by atoms with Crippen molar-refractivity contribution in [2.75, 3.05) is 0 Å². The molecule has 0 aliphatic rings. The van der Waals surface area contributed by atoms with Crippen molar-refractivity contribution in [3.8, 4) is 0 Å². The lowest BCUT2D eigenvalue weighted by molar-refractivity contribution is -0.142. The molecule has 14 heavy (non-hydrogen) atoms. The maximum atomic E-state index is 10.4. The van der Waals surface area contributed by atoms with E-state index in [4.69, 9.17) is 9.53 Å². The molecule has 0 heterocycles. The summed E-state index contributed by atoms with van der Waals surface area (Å²) in [6.07, 6.45) is 0.750. The summed E-state index contributed by atoms with van der Waals surface area (Å²) in [6.45, 7) is 3.22. The molecule has 1 rings (SSSR count). The third-order valence-corrected chi connectivity index (χ3v) is 1.28. The number of ether oxygens (including phenoxy) is 1. The van der Waals surface area contributed by atoms with E-state index in [1.165, 1.54) is 13.8 Å². The number of rotatable bonds is 2. The van der Waals surface area contributed by atoms with E-state index in [9.17, 15) is 4.79 Å². The summed E-state index contributed by atoms with van der Waals surface area (Å²) in [7, 11) is 0. The van der Waals surface area contributed by atoms with Crippen LogP contribution in [0.5, 0.6) is 0 Å². The summed E-state index contributed by atoms with van der Waals surface area (Å²) in [6, 6.07) is 9.60. The van der Waals surface area contributed by atoms with Gasteiger partial charge in [0.25, 0.3) is 0 Å². The molecule has 0 spiro atoms. The summed E-state index contributed by atoms with van der Waals surface area (Å²) in [5.74, 6) is -0.242. The van der Waals surface area contributed by atoms with Gasteiger partial charge in [0.15, 0.2) is 0 Å². The second kappa shape index (κ2) is 7.98. The number of hydrogen-bond donors (Lipinski definition) is 0. The molecule has 0 fully saturated rings. The molecule has 3 heteroatoms. The Morgan fingerprint density at radius 3 is 2.29 bits per heavy atom. The van der Waals surface area contributed by atoms with E-state index in [1.807, 2.05) is 30.3 Å². The summed E-state index contributed by atoms with van der Waals surface area (Å²) in [5.41, 5.74) is 1.02. The Labute approximate surface area is 83.7 Å². The summed E-state index contributed by atoms with van der Waals surface area (Å²) in [4.78, 5) is 19.2. The van der Waals surface area contributed by atoms with E-state index in [0.29, 0.717) is 6.61 Å². The molecule has 76 valence electrons. The number of aldehydes is 1. The molecule has 1 aromatic carbocycles. The van der Waals surface area contributed by atoms with Crippen LogP contribution in [0.25, 0.3) is 0 Å². The first-order chi connectivity index (χ1) is 6.70. The third-order valence-electron chi connectivity index (χ3n) is 1.28. The minimum absolute atomic E-state index is 0.242. The molecule has 1 aromatic rings. The number of carbonyl (C=O) groups excluding carboxylic acids is 2. The maximum Gasteiger partial charge on any atom is 0.302 e. The molecular formula is C11H14O3. The molecule has 3 nitrogen and oxygen atoms in total. The fourth-order valence-electron chi connectivity index (χ4n) is 0.759. The zero-order chi connectivity index (χ0) is 10.8. The first-order valence-corrected chi connectivity index (χ1v) is 4.27. The van der Waals surface area contributed by atoms with Crippen LogP contribution in [0.3, 0.4) is 0 Å². The van der Waals surface area contributed by atoms with Gasteiger partial charge in [-0.25, -0.2) is 0 Å². The summed E-state index contributed by atoms with van der Waals surface area (Å²) >= 11 is 0. The standard InChI is InChI=1S/C9H10O2.C2H4O/c1-8(10)11-7-9-5-3-2-4-6-9;1-2-3/h2-6H,7H2,1H3;2H,1H3. The molecule has 0 aromatic heterocycles. The van der Waals surface area contributed by atoms with Crippen molar-refractivity contribution in [2.45, 2.75) is 20.5 Å². The second-order valence-electron chi connectivity index (χ2n) is 2.50. The average molecular weight is 194 g/mol. The van der Waals surface area contributed by atoms with Crippen molar-refractivity contribution in [3.63, 3.8) is 0 Å². The summed E-state index contributed by atoms with van der Waals surface area (Å²) < 4.78 is 4.79. The highest BCUT2D eigenvalue weighted by molar-refractivity contribution is 5.65. The zero-order valence-electron chi connectivity index (χ0n) is 8.40. The van der Waals surface area contributed by atoms with Crippen LogP contribution < -0.4 is 0 Å². The van der Waals surface area contributed by atoms with E-state index in [2.05, 4.69) is 0 Å². The van der Waals surface area contributed by atoms with Crippen LogP contribution in [-0.2, 0) is 20.9 Å². The third kappa shape index (κ3) is 7.03. The highest BCUT2D eigenvalue weighted by Gasteiger charge is 1.93. The van der Waals surface area contributed by atoms with Crippen molar-refractivity contribution in [3.05, 3.63) is 35.9 Å². The van der Waals surface area contributed by atoms with Crippen LogP contribution in [0.1, 0.15) is 19.4 Å². The predicted molar refractivity (Wildman–Crippen MR) is 53.7 cm³/mol. The van der Waals surface area contributed by atoms with Crippen molar-refractivity contribution >= 4 is 12.3 Å². The first-order valence-electron chi connectivity index (χ1n) is 4.27. The molecule has 0 bridgehead atoms. The van der Waals surface area contributed by atoms with Gasteiger partial charge in [-0.05, 0) is 12.5 Å². The SMILES string of the molecule is CC(=O)OCc1ccccc1.CC=O. The van der Waals surface area contributed by atoms with Crippen molar-refractivity contribution in [1.82, 2.24) is 0 Å². The minimum atomic E-state index is -0.242. The molecule has 0 unspecified atom stereocenters. The van der Waals surface area contributed by atoms with E-state index in [0.717, 1.165) is 11.8 Å². The predicted octanol–water partition coefficient (Wildman–Crippen LogP) is 1.95. The van der Waals surface area contributed by atoms with Gasteiger partial charge >= 0.3 is 5.97 Å². The Balaban J connectivity index is 0.000000500. The van der Waals surface area contributed by atoms with E-state index >= 15 is 0 Å². The van der Waals surface area contributed by atoms with Gasteiger partial charge < -0.3 is 9.53 Å². The fraction of sp³-hybridized carbons (Fsp3) is 0.273. The van der Waals surface area contributed by atoms with Crippen molar-refractivity contribution in [1.29, 1.82) is 0 Å². The van der Waals surface area contributed by atoms with Gasteiger partial charge in [0.2, 0.25) is 0 Å². The highest BCUT2D eigenvalue weighted by atomic mass is 16.5. The Kier molecular flexibility index (Phi) is 7.05. The monoisotopic (exact) mass is 194 g/mol. The Bertz CT molecular complexity index is 267. The zero-order valence-corrected chi connectivity index (χ0v) is 8.40. The van der Waals surface area contributed by atoms with Gasteiger partial charge in [-0.3, -0.25) is 4.79 Å². The molecule has 0 aliphatic heterocycles. The lowest BCUT2D eigenvalue weighted by Gasteiger charge is -1.99. The molecule has 0 saturated carbocycles. The highest BCUT2D eigenvalue weighted by Crippen LogP contribution is 1.99. The van der Waals surface area contributed by atoms with Crippen LogP contribution in [0, 0.1) is 0 Å². The van der Waals surface area contributed by atoms with Gasteiger partial charge in [-0.15, -0.1) is 0 Å². The number of esters is 1. The number of hydrogen-bond acceptors (Lipinski definition) is 3. The Morgan fingerprint density at radius 1 is 1.36 bits per heavy atom. The normalized spacial score (nSPS) is 8.14. The fourth-order valence-corrected chi connectivity index (χ4v) is 0.759. The van der Waals surface area contributed by atoms with Crippen LogP contribution in [0.15, 0.2) is 30.3 Å².